The fourth-order valence-electron chi connectivity index (χ4n) is 0.946. The highest BCUT2D eigenvalue weighted by Crippen LogP contribution is 2.22. The van der Waals surface area contributed by atoms with Crippen LogP contribution < -0.4 is 5.73 Å². The minimum absolute atomic E-state index is 0.0591. The first kappa shape index (κ1) is 9.28. The average Bonchev–Trinajstić information content (AvgIpc) is 2.33. The fraction of sp³-hybridized carbons (Fsp3) is 0.286. The first-order valence-electron chi connectivity index (χ1n) is 3.41. The molecule has 0 saturated carbocycles. The number of H-pyrrole nitrogens is 1. The van der Waals surface area contributed by atoms with Gasteiger partial charge in [0.25, 0.3) is 0 Å². The molecule has 0 unspecified atom stereocenters. The minimum Gasteiger partial charge on any atom is -0.481 e. The molecule has 1 aromatic rings. The van der Waals surface area contributed by atoms with Crippen molar-refractivity contribution < 1.29 is 9.90 Å². The van der Waals surface area contributed by atoms with Crippen molar-refractivity contribution in [3.63, 3.8) is 0 Å². The second-order valence-corrected chi connectivity index (χ2v) is 3.24. The number of carboxylic acid groups (broad SMARTS) is 1. The zero-order valence-corrected chi connectivity index (χ0v) is 7.84. The summed E-state index contributed by atoms with van der Waals surface area (Å²) in [7, 11) is 0. The molecule has 5 heteroatoms. The van der Waals surface area contributed by atoms with Gasteiger partial charge >= 0.3 is 5.97 Å². The van der Waals surface area contributed by atoms with E-state index in [1.54, 1.807) is 12.3 Å². The molecule has 1 aromatic heterocycles. The lowest BCUT2D eigenvalue weighted by molar-refractivity contribution is -0.137. The molecule has 4 nitrogen and oxygen atoms in total. The Kier molecular flexibility index (Phi) is 2.88. The number of carboxylic acids is 1. The molecule has 0 radical (unpaired) electrons. The van der Waals surface area contributed by atoms with Gasteiger partial charge in [-0.15, -0.1) is 0 Å². The van der Waals surface area contributed by atoms with Crippen LogP contribution in [0.4, 0.5) is 0 Å². The SMILES string of the molecule is N[C@H](CC(=O)O)c1cc[nH]c1Br. The van der Waals surface area contributed by atoms with Gasteiger partial charge in [-0.1, -0.05) is 0 Å². The smallest absolute Gasteiger partial charge is 0.305 e. The predicted molar refractivity (Wildman–Crippen MR) is 47.7 cm³/mol. The zero-order chi connectivity index (χ0) is 9.14. The van der Waals surface area contributed by atoms with Gasteiger partial charge in [0.2, 0.25) is 0 Å². The first-order chi connectivity index (χ1) is 5.61. The van der Waals surface area contributed by atoms with Crippen molar-refractivity contribution in [3.8, 4) is 0 Å². The van der Waals surface area contributed by atoms with Crippen LogP contribution in [0.3, 0.4) is 0 Å². The third kappa shape index (κ3) is 2.09. The third-order valence-corrected chi connectivity index (χ3v) is 2.21. The molecule has 0 saturated heterocycles. The Hall–Kier alpha value is -0.810. The van der Waals surface area contributed by atoms with E-state index in [1.807, 2.05) is 0 Å². The quantitative estimate of drug-likeness (QED) is 0.735. The molecule has 0 aromatic carbocycles. The number of hydrogen-bond donors (Lipinski definition) is 3. The lowest BCUT2D eigenvalue weighted by Gasteiger charge is -2.06. The van der Waals surface area contributed by atoms with E-state index in [0.717, 1.165) is 10.2 Å². The molecule has 1 atom stereocenters. The van der Waals surface area contributed by atoms with E-state index >= 15 is 0 Å². The Labute approximate surface area is 77.9 Å². The number of aromatic amines is 1. The van der Waals surface area contributed by atoms with Crippen molar-refractivity contribution in [1.29, 1.82) is 0 Å². The van der Waals surface area contributed by atoms with Gasteiger partial charge in [0, 0.05) is 17.8 Å². The number of nitrogens with one attached hydrogen (secondary N) is 1. The molecule has 0 spiro atoms. The van der Waals surface area contributed by atoms with Crippen LogP contribution in [0.5, 0.6) is 0 Å². The molecule has 0 bridgehead atoms. The number of aliphatic carboxylic acids is 1. The molecular formula is C7H9BrN2O2. The summed E-state index contributed by atoms with van der Waals surface area (Å²) in [6, 6.07) is 1.31. The highest BCUT2D eigenvalue weighted by Gasteiger charge is 2.13. The van der Waals surface area contributed by atoms with Crippen LogP contribution in [-0.2, 0) is 4.79 Å². The largest absolute Gasteiger partial charge is 0.481 e. The molecule has 4 N–H and O–H groups in total. The summed E-state index contributed by atoms with van der Waals surface area (Å²) in [5.74, 6) is -0.893. The summed E-state index contributed by atoms with van der Waals surface area (Å²) in [5, 5.41) is 8.47. The molecule has 0 aliphatic rings. The van der Waals surface area contributed by atoms with E-state index in [0.29, 0.717) is 0 Å². The van der Waals surface area contributed by atoms with Crippen molar-refractivity contribution in [3.05, 3.63) is 22.4 Å². The second kappa shape index (κ2) is 3.73. The second-order valence-electron chi connectivity index (χ2n) is 2.45. The number of rotatable bonds is 3. The van der Waals surface area contributed by atoms with Gasteiger partial charge in [-0.05, 0) is 22.0 Å². The van der Waals surface area contributed by atoms with Crippen LogP contribution in [0.15, 0.2) is 16.9 Å². The van der Waals surface area contributed by atoms with E-state index in [9.17, 15) is 4.79 Å². The lowest BCUT2D eigenvalue weighted by atomic mass is 10.1. The molecule has 1 rings (SSSR count). The van der Waals surface area contributed by atoms with E-state index in [-0.39, 0.29) is 6.42 Å². The van der Waals surface area contributed by atoms with E-state index < -0.39 is 12.0 Å². The van der Waals surface area contributed by atoms with Gasteiger partial charge in [-0.25, -0.2) is 0 Å². The maximum Gasteiger partial charge on any atom is 0.305 e. The van der Waals surface area contributed by atoms with E-state index in [2.05, 4.69) is 20.9 Å². The Morgan fingerprint density at radius 1 is 1.83 bits per heavy atom. The van der Waals surface area contributed by atoms with Crippen LogP contribution >= 0.6 is 15.9 Å². The monoisotopic (exact) mass is 232 g/mol. The van der Waals surface area contributed by atoms with Crippen molar-refractivity contribution >= 4 is 21.9 Å². The maximum absolute atomic E-state index is 10.3. The molecule has 12 heavy (non-hydrogen) atoms. The normalized spacial score (nSPS) is 12.8. The summed E-state index contributed by atoms with van der Waals surface area (Å²) < 4.78 is 0.747. The van der Waals surface area contributed by atoms with Gasteiger partial charge in [0.05, 0.1) is 11.0 Å². The predicted octanol–water partition coefficient (Wildman–Crippen LogP) is 1.25. The molecule has 0 fully saturated rings. The summed E-state index contributed by atoms with van der Waals surface area (Å²) in [5.41, 5.74) is 6.40. The number of nitrogens with two attached hydrogens (primary N) is 1. The van der Waals surface area contributed by atoms with Crippen molar-refractivity contribution in [2.24, 2.45) is 5.73 Å². The highest BCUT2D eigenvalue weighted by atomic mass is 79.9. The first-order valence-corrected chi connectivity index (χ1v) is 4.20. The standard InChI is InChI=1S/C7H9BrN2O2/c8-7-4(1-2-10-7)5(9)3-6(11)12/h1-2,5,10H,3,9H2,(H,11,12)/t5-/m1/s1. The van der Waals surface area contributed by atoms with Gasteiger partial charge in [-0.3, -0.25) is 4.79 Å². The number of halogens is 1. The van der Waals surface area contributed by atoms with Crippen molar-refractivity contribution in [1.82, 2.24) is 4.98 Å². The molecule has 0 amide bonds. The highest BCUT2D eigenvalue weighted by molar-refractivity contribution is 9.10. The lowest BCUT2D eigenvalue weighted by Crippen LogP contribution is -2.14. The zero-order valence-electron chi connectivity index (χ0n) is 6.25. The molecule has 0 aliphatic carbocycles. The van der Waals surface area contributed by atoms with Crippen molar-refractivity contribution in [2.75, 3.05) is 0 Å². The molecule has 0 aliphatic heterocycles. The number of aromatic nitrogens is 1. The van der Waals surface area contributed by atoms with Crippen LogP contribution in [-0.4, -0.2) is 16.1 Å². The van der Waals surface area contributed by atoms with E-state index in [4.69, 9.17) is 10.8 Å². The van der Waals surface area contributed by atoms with Crippen LogP contribution in [0, 0.1) is 0 Å². The maximum atomic E-state index is 10.3. The van der Waals surface area contributed by atoms with Gasteiger partial charge < -0.3 is 15.8 Å². The Bertz CT molecular complexity index is 285. The molecular weight excluding hydrogens is 224 g/mol. The van der Waals surface area contributed by atoms with E-state index in [1.165, 1.54) is 0 Å². The topological polar surface area (TPSA) is 79.1 Å². The third-order valence-electron chi connectivity index (χ3n) is 1.52. The van der Waals surface area contributed by atoms with Gasteiger partial charge in [0.1, 0.15) is 0 Å². The van der Waals surface area contributed by atoms with Gasteiger partial charge in [-0.2, -0.15) is 0 Å². The number of hydrogen-bond acceptors (Lipinski definition) is 2. The van der Waals surface area contributed by atoms with Crippen molar-refractivity contribution in [2.45, 2.75) is 12.5 Å². The summed E-state index contributed by atoms with van der Waals surface area (Å²) in [4.78, 5) is 13.2. The minimum atomic E-state index is -0.893. The number of carbonyl (C=O) groups is 1. The molecule has 66 valence electrons. The van der Waals surface area contributed by atoms with Gasteiger partial charge in [0.15, 0.2) is 0 Å². The Balaban J connectivity index is 2.71. The average molecular weight is 233 g/mol. The Morgan fingerprint density at radius 3 is 2.92 bits per heavy atom. The summed E-state index contributed by atoms with van der Waals surface area (Å²) in [6.45, 7) is 0. The van der Waals surface area contributed by atoms with Crippen LogP contribution in [0.1, 0.15) is 18.0 Å². The Morgan fingerprint density at radius 2 is 2.50 bits per heavy atom. The summed E-state index contributed by atoms with van der Waals surface area (Å²) >= 11 is 3.23. The fourth-order valence-corrected chi connectivity index (χ4v) is 1.50. The summed E-state index contributed by atoms with van der Waals surface area (Å²) in [6.07, 6.45) is 1.65. The van der Waals surface area contributed by atoms with Crippen LogP contribution in [0.2, 0.25) is 0 Å². The molecule has 1 heterocycles. The van der Waals surface area contributed by atoms with Crippen LogP contribution in [0.25, 0.3) is 0 Å².